The lowest BCUT2D eigenvalue weighted by Crippen LogP contribution is -2.15. The van der Waals surface area contributed by atoms with E-state index in [0.717, 1.165) is 27.9 Å². The molecule has 0 bridgehead atoms. The van der Waals surface area contributed by atoms with Gasteiger partial charge in [0.2, 0.25) is 0 Å². The van der Waals surface area contributed by atoms with Gasteiger partial charge in [0, 0.05) is 23.5 Å². The minimum atomic E-state index is -0.907. The predicted octanol–water partition coefficient (Wildman–Crippen LogP) is 2.84. The Morgan fingerprint density at radius 3 is 2.65 bits per heavy atom. The molecule has 20 heavy (non-hydrogen) atoms. The first-order valence-corrected chi connectivity index (χ1v) is 6.49. The molecule has 1 unspecified atom stereocenters. The molecule has 0 saturated carbocycles. The lowest BCUT2D eigenvalue weighted by Gasteiger charge is -2.14. The summed E-state index contributed by atoms with van der Waals surface area (Å²) in [5.41, 5.74) is 10.8. The number of aliphatic carboxylic acids is 1. The number of carbonyl (C=O) groups is 1. The van der Waals surface area contributed by atoms with Crippen molar-refractivity contribution >= 4 is 5.97 Å². The Kier molecular flexibility index (Phi) is 4.15. The molecule has 1 atom stereocenters. The molecule has 0 amide bonds. The number of aryl methyl sites for hydroxylation is 2. The maximum atomic E-state index is 10.8. The fraction of sp³-hybridized carbons (Fsp3) is 0.250. The van der Waals surface area contributed by atoms with Crippen LogP contribution < -0.4 is 5.73 Å². The van der Waals surface area contributed by atoms with Crippen LogP contribution in [0, 0.1) is 13.8 Å². The van der Waals surface area contributed by atoms with Gasteiger partial charge in [-0.3, -0.25) is 9.78 Å². The molecule has 4 nitrogen and oxygen atoms in total. The van der Waals surface area contributed by atoms with Gasteiger partial charge in [0.15, 0.2) is 0 Å². The largest absolute Gasteiger partial charge is 0.481 e. The Hall–Kier alpha value is -2.20. The van der Waals surface area contributed by atoms with Crippen molar-refractivity contribution in [3.63, 3.8) is 0 Å². The SMILES string of the molecule is Cc1ccccc1-c1cc(C(N)CC(=O)O)cnc1C. The molecule has 1 aromatic carbocycles. The first kappa shape index (κ1) is 14.2. The van der Waals surface area contributed by atoms with Gasteiger partial charge in [0.1, 0.15) is 0 Å². The Bertz CT molecular complexity index is 638. The van der Waals surface area contributed by atoms with Crippen LogP contribution in [0.25, 0.3) is 11.1 Å². The molecule has 1 heterocycles. The smallest absolute Gasteiger partial charge is 0.305 e. The Morgan fingerprint density at radius 1 is 1.30 bits per heavy atom. The summed E-state index contributed by atoms with van der Waals surface area (Å²) < 4.78 is 0. The molecule has 0 spiro atoms. The summed E-state index contributed by atoms with van der Waals surface area (Å²) in [7, 11) is 0. The Morgan fingerprint density at radius 2 is 2.00 bits per heavy atom. The van der Waals surface area contributed by atoms with Gasteiger partial charge in [0.25, 0.3) is 0 Å². The highest BCUT2D eigenvalue weighted by molar-refractivity contribution is 5.71. The summed E-state index contributed by atoms with van der Waals surface area (Å²) >= 11 is 0. The van der Waals surface area contributed by atoms with Gasteiger partial charge in [-0.05, 0) is 36.6 Å². The van der Waals surface area contributed by atoms with E-state index in [2.05, 4.69) is 4.98 Å². The van der Waals surface area contributed by atoms with Crippen LogP contribution >= 0.6 is 0 Å². The van der Waals surface area contributed by atoms with Crippen molar-refractivity contribution in [2.24, 2.45) is 5.73 Å². The summed E-state index contributed by atoms with van der Waals surface area (Å²) in [6.07, 6.45) is 1.56. The molecule has 2 rings (SSSR count). The number of rotatable bonds is 4. The molecule has 0 aliphatic carbocycles. The number of carboxylic acid groups (broad SMARTS) is 1. The Labute approximate surface area is 118 Å². The number of hydrogen-bond acceptors (Lipinski definition) is 3. The van der Waals surface area contributed by atoms with Gasteiger partial charge in [-0.25, -0.2) is 0 Å². The third-order valence-corrected chi connectivity index (χ3v) is 3.37. The van der Waals surface area contributed by atoms with E-state index in [1.165, 1.54) is 0 Å². The van der Waals surface area contributed by atoms with E-state index in [-0.39, 0.29) is 6.42 Å². The van der Waals surface area contributed by atoms with Crippen LogP contribution in [0.4, 0.5) is 0 Å². The van der Waals surface area contributed by atoms with Crippen molar-refractivity contribution < 1.29 is 9.90 Å². The van der Waals surface area contributed by atoms with Crippen LogP contribution in [0.3, 0.4) is 0 Å². The van der Waals surface area contributed by atoms with Crippen molar-refractivity contribution in [3.8, 4) is 11.1 Å². The monoisotopic (exact) mass is 270 g/mol. The lowest BCUT2D eigenvalue weighted by atomic mass is 9.96. The molecule has 0 radical (unpaired) electrons. The minimum absolute atomic E-state index is 0.0993. The summed E-state index contributed by atoms with van der Waals surface area (Å²) in [6.45, 7) is 3.98. The standard InChI is InChI=1S/C16H18N2O2/c1-10-5-3-4-6-13(10)14-7-12(9-18-11(14)2)15(17)8-16(19)20/h3-7,9,15H,8,17H2,1-2H3,(H,19,20). The molecule has 0 aliphatic rings. The number of hydrogen-bond donors (Lipinski definition) is 2. The fourth-order valence-electron chi connectivity index (χ4n) is 2.21. The summed E-state index contributed by atoms with van der Waals surface area (Å²) in [5.74, 6) is -0.907. The van der Waals surface area contributed by atoms with Crippen molar-refractivity contribution in [2.75, 3.05) is 0 Å². The van der Waals surface area contributed by atoms with E-state index >= 15 is 0 Å². The second kappa shape index (κ2) is 5.84. The highest BCUT2D eigenvalue weighted by atomic mass is 16.4. The molecule has 2 aromatic rings. The predicted molar refractivity (Wildman–Crippen MR) is 78.3 cm³/mol. The minimum Gasteiger partial charge on any atom is -0.481 e. The van der Waals surface area contributed by atoms with Crippen LogP contribution in [0.15, 0.2) is 36.5 Å². The van der Waals surface area contributed by atoms with Crippen molar-refractivity contribution in [3.05, 3.63) is 53.3 Å². The highest BCUT2D eigenvalue weighted by Crippen LogP contribution is 2.28. The van der Waals surface area contributed by atoms with E-state index in [1.54, 1.807) is 6.20 Å². The van der Waals surface area contributed by atoms with Gasteiger partial charge >= 0.3 is 5.97 Å². The maximum Gasteiger partial charge on any atom is 0.305 e. The van der Waals surface area contributed by atoms with Gasteiger partial charge in [-0.1, -0.05) is 24.3 Å². The van der Waals surface area contributed by atoms with Gasteiger partial charge in [-0.15, -0.1) is 0 Å². The molecule has 0 fully saturated rings. The van der Waals surface area contributed by atoms with Crippen molar-refractivity contribution in [1.29, 1.82) is 0 Å². The maximum absolute atomic E-state index is 10.8. The molecular weight excluding hydrogens is 252 g/mol. The van der Waals surface area contributed by atoms with E-state index in [9.17, 15) is 4.79 Å². The molecule has 0 aliphatic heterocycles. The zero-order valence-corrected chi connectivity index (χ0v) is 11.6. The van der Waals surface area contributed by atoms with Crippen LogP contribution in [0.5, 0.6) is 0 Å². The van der Waals surface area contributed by atoms with Crippen molar-refractivity contribution in [2.45, 2.75) is 26.3 Å². The zero-order valence-electron chi connectivity index (χ0n) is 11.6. The number of aromatic nitrogens is 1. The number of nitrogens with zero attached hydrogens (tertiary/aromatic N) is 1. The highest BCUT2D eigenvalue weighted by Gasteiger charge is 2.14. The fourth-order valence-corrected chi connectivity index (χ4v) is 2.21. The van der Waals surface area contributed by atoms with Crippen LogP contribution in [0.1, 0.15) is 29.3 Å². The number of benzene rings is 1. The molecule has 3 N–H and O–H groups in total. The molecule has 104 valence electrons. The second-order valence-corrected chi connectivity index (χ2v) is 4.92. The quantitative estimate of drug-likeness (QED) is 0.895. The summed E-state index contributed by atoms with van der Waals surface area (Å²) in [5, 5.41) is 8.83. The number of nitrogens with two attached hydrogens (primary N) is 1. The number of pyridine rings is 1. The van der Waals surface area contributed by atoms with E-state index < -0.39 is 12.0 Å². The third-order valence-electron chi connectivity index (χ3n) is 3.37. The lowest BCUT2D eigenvalue weighted by molar-refractivity contribution is -0.137. The molecule has 4 heteroatoms. The van der Waals surface area contributed by atoms with Gasteiger partial charge in [0.05, 0.1) is 6.42 Å². The molecule has 0 saturated heterocycles. The molecule has 1 aromatic heterocycles. The first-order chi connectivity index (χ1) is 9.49. The summed E-state index contributed by atoms with van der Waals surface area (Å²) in [4.78, 5) is 15.1. The number of carboxylic acids is 1. The molecular formula is C16H18N2O2. The van der Waals surface area contributed by atoms with Crippen molar-refractivity contribution in [1.82, 2.24) is 4.98 Å². The topological polar surface area (TPSA) is 76.2 Å². The van der Waals surface area contributed by atoms with Gasteiger partial charge in [-0.2, -0.15) is 0 Å². The zero-order chi connectivity index (χ0) is 14.7. The van der Waals surface area contributed by atoms with Crippen LogP contribution in [-0.4, -0.2) is 16.1 Å². The van der Waals surface area contributed by atoms with E-state index in [1.807, 2.05) is 44.2 Å². The third kappa shape index (κ3) is 3.03. The average molecular weight is 270 g/mol. The first-order valence-electron chi connectivity index (χ1n) is 6.49. The second-order valence-electron chi connectivity index (χ2n) is 4.92. The summed E-state index contributed by atoms with van der Waals surface area (Å²) in [6, 6.07) is 9.44. The van der Waals surface area contributed by atoms with Crippen LogP contribution in [-0.2, 0) is 4.79 Å². The van der Waals surface area contributed by atoms with E-state index in [0.29, 0.717) is 0 Å². The Balaban J connectivity index is 2.44. The van der Waals surface area contributed by atoms with E-state index in [4.69, 9.17) is 10.8 Å². The average Bonchev–Trinajstić information content (AvgIpc) is 2.39. The normalized spacial score (nSPS) is 12.2. The van der Waals surface area contributed by atoms with Crippen LogP contribution in [0.2, 0.25) is 0 Å². The van der Waals surface area contributed by atoms with Gasteiger partial charge < -0.3 is 10.8 Å².